The SMILES string of the molecule is Clc1oc2ccccc2c1CNCCc1ccc(Br)s1. The fraction of sp³-hybridized carbons (Fsp3) is 0.200. The van der Waals surface area contributed by atoms with Crippen molar-refractivity contribution in [2.24, 2.45) is 0 Å². The van der Waals surface area contributed by atoms with Gasteiger partial charge in [0.2, 0.25) is 0 Å². The van der Waals surface area contributed by atoms with Crippen molar-refractivity contribution >= 4 is 49.8 Å². The second kappa shape index (κ2) is 6.31. The van der Waals surface area contributed by atoms with Crippen LogP contribution in [0.5, 0.6) is 0 Å². The maximum atomic E-state index is 6.16. The van der Waals surface area contributed by atoms with E-state index in [0.717, 1.165) is 36.0 Å². The van der Waals surface area contributed by atoms with E-state index in [4.69, 9.17) is 16.0 Å². The van der Waals surface area contributed by atoms with E-state index in [1.165, 1.54) is 8.66 Å². The molecule has 3 aromatic rings. The first-order valence-corrected chi connectivity index (χ1v) is 8.33. The highest BCUT2D eigenvalue weighted by Gasteiger charge is 2.11. The Labute approximate surface area is 134 Å². The molecule has 3 rings (SSSR count). The summed E-state index contributed by atoms with van der Waals surface area (Å²) in [5.74, 6) is 0. The lowest BCUT2D eigenvalue weighted by Crippen LogP contribution is -2.16. The van der Waals surface area contributed by atoms with Crippen LogP contribution in [0.3, 0.4) is 0 Å². The quantitative estimate of drug-likeness (QED) is 0.621. The van der Waals surface area contributed by atoms with Gasteiger partial charge in [-0.3, -0.25) is 0 Å². The Balaban J connectivity index is 1.61. The predicted octanol–water partition coefficient (Wildman–Crippen LogP) is 5.24. The van der Waals surface area contributed by atoms with Crippen LogP contribution in [0.15, 0.2) is 44.6 Å². The standard InChI is InChI=1S/C15H13BrClNOS/c16-14-6-5-10(20-14)7-8-18-9-12-11-3-1-2-4-13(11)19-15(12)17/h1-6,18H,7-9H2. The maximum absolute atomic E-state index is 6.16. The van der Waals surface area contributed by atoms with Crippen molar-refractivity contribution in [3.63, 3.8) is 0 Å². The molecule has 1 N–H and O–H groups in total. The summed E-state index contributed by atoms with van der Waals surface area (Å²) >= 11 is 11.4. The van der Waals surface area contributed by atoms with Crippen LogP contribution >= 0.6 is 38.9 Å². The second-order valence-corrected chi connectivity index (χ2v) is 7.37. The third kappa shape index (κ3) is 3.09. The molecule has 0 radical (unpaired) electrons. The molecule has 2 aromatic heterocycles. The number of thiophene rings is 1. The molecular formula is C15H13BrClNOS. The molecule has 5 heteroatoms. The molecule has 0 aliphatic carbocycles. The zero-order valence-electron chi connectivity index (χ0n) is 10.7. The van der Waals surface area contributed by atoms with Crippen LogP contribution in [0, 0.1) is 0 Å². The lowest BCUT2D eigenvalue weighted by atomic mass is 10.2. The molecular weight excluding hydrogens is 358 g/mol. The molecule has 1 aromatic carbocycles. The minimum absolute atomic E-state index is 0.484. The van der Waals surface area contributed by atoms with Gasteiger partial charge in [-0.1, -0.05) is 18.2 Å². The highest BCUT2D eigenvalue weighted by atomic mass is 79.9. The summed E-state index contributed by atoms with van der Waals surface area (Å²) in [4.78, 5) is 1.37. The summed E-state index contributed by atoms with van der Waals surface area (Å²) in [7, 11) is 0. The van der Waals surface area contributed by atoms with Crippen molar-refractivity contribution in [3.8, 4) is 0 Å². The third-order valence-corrected chi connectivity index (χ3v) is 5.12. The molecule has 0 bridgehead atoms. The highest BCUT2D eigenvalue weighted by Crippen LogP contribution is 2.29. The van der Waals surface area contributed by atoms with Crippen LogP contribution in [-0.4, -0.2) is 6.54 Å². The second-order valence-electron chi connectivity index (χ2n) is 4.48. The topological polar surface area (TPSA) is 25.2 Å². The van der Waals surface area contributed by atoms with Crippen molar-refractivity contribution in [1.29, 1.82) is 0 Å². The van der Waals surface area contributed by atoms with Crippen molar-refractivity contribution < 1.29 is 4.42 Å². The van der Waals surface area contributed by atoms with E-state index < -0.39 is 0 Å². The number of fused-ring (bicyclic) bond motifs is 1. The smallest absolute Gasteiger partial charge is 0.199 e. The fourth-order valence-corrected chi connectivity index (χ4v) is 3.88. The molecule has 0 fully saturated rings. The molecule has 0 unspecified atom stereocenters. The largest absolute Gasteiger partial charge is 0.444 e. The first kappa shape index (κ1) is 14.1. The van der Waals surface area contributed by atoms with Gasteiger partial charge in [0, 0.05) is 28.9 Å². The summed E-state index contributed by atoms with van der Waals surface area (Å²) in [5, 5.41) is 5.00. The van der Waals surface area contributed by atoms with Crippen LogP contribution < -0.4 is 5.32 Å². The molecule has 0 spiro atoms. The lowest BCUT2D eigenvalue weighted by Gasteiger charge is -2.02. The molecule has 0 aliphatic heterocycles. The number of nitrogens with one attached hydrogen (secondary N) is 1. The molecule has 20 heavy (non-hydrogen) atoms. The van der Waals surface area contributed by atoms with Gasteiger partial charge in [0.1, 0.15) is 5.58 Å². The average molecular weight is 371 g/mol. The number of benzene rings is 1. The van der Waals surface area contributed by atoms with Gasteiger partial charge >= 0.3 is 0 Å². The molecule has 0 amide bonds. The number of hydrogen-bond donors (Lipinski definition) is 1. The first-order chi connectivity index (χ1) is 9.74. The highest BCUT2D eigenvalue weighted by molar-refractivity contribution is 9.11. The van der Waals surface area contributed by atoms with Crippen LogP contribution in [-0.2, 0) is 13.0 Å². The van der Waals surface area contributed by atoms with E-state index in [9.17, 15) is 0 Å². The number of para-hydroxylation sites is 1. The number of halogens is 2. The molecule has 0 atom stereocenters. The number of hydrogen-bond acceptors (Lipinski definition) is 3. The van der Waals surface area contributed by atoms with Gasteiger partial charge in [0.15, 0.2) is 5.22 Å². The van der Waals surface area contributed by atoms with Gasteiger partial charge in [0.05, 0.1) is 3.79 Å². The predicted molar refractivity (Wildman–Crippen MR) is 88.7 cm³/mol. The Morgan fingerprint density at radius 2 is 2.05 bits per heavy atom. The zero-order valence-corrected chi connectivity index (χ0v) is 13.8. The maximum Gasteiger partial charge on any atom is 0.199 e. The van der Waals surface area contributed by atoms with Crippen LogP contribution in [0.4, 0.5) is 0 Å². The van der Waals surface area contributed by atoms with Gasteiger partial charge in [-0.25, -0.2) is 0 Å². The van der Waals surface area contributed by atoms with Gasteiger partial charge in [-0.05, 0) is 52.2 Å². The van der Waals surface area contributed by atoms with E-state index in [-0.39, 0.29) is 0 Å². The number of rotatable bonds is 5. The minimum Gasteiger partial charge on any atom is -0.444 e. The molecule has 0 aliphatic rings. The van der Waals surface area contributed by atoms with Crippen LogP contribution in [0.1, 0.15) is 10.4 Å². The summed E-state index contributed by atoms with van der Waals surface area (Å²) in [6.07, 6.45) is 1.02. The van der Waals surface area contributed by atoms with E-state index in [1.54, 1.807) is 11.3 Å². The summed E-state index contributed by atoms with van der Waals surface area (Å²) < 4.78 is 6.72. The van der Waals surface area contributed by atoms with Crippen molar-refractivity contribution in [1.82, 2.24) is 5.32 Å². The van der Waals surface area contributed by atoms with E-state index in [2.05, 4.69) is 33.4 Å². The first-order valence-electron chi connectivity index (χ1n) is 6.35. The monoisotopic (exact) mass is 369 g/mol. The van der Waals surface area contributed by atoms with E-state index >= 15 is 0 Å². The lowest BCUT2D eigenvalue weighted by molar-refractivity contribution is 0.604. The van der Waals surface area contributed by atoms with Gasteiger partial charge in [-0.2, -0.15) is 0 Å². The van der Waals surface area contributed by atoms with E-state index in [0.29, 0.717) is 5.22 Å². The molecule has 2 heterocycles. The molecule has 2 nitrogen and oxygen atoms in total. The Kier molecular flexibility index (Phi) is 4.46. The van der Waals surface area contributed by atoms with Gasteiger partial charge < -0.3 is 9.73 Å². The number of furan rings is 1. The zero-order chi connectivity index (χ0) is 13.9. The van der Waals surface area contributed by atoms with Gasteiger partial charge in [0.25, 0.3) is 0 Å². The Morgan fingerprint density at radius 3 is 2.85 bits per heavy atom. The Morgan fingerprint density at radius 1 is 1.20 bits per heavy atom. The van der Waals surface area contributed by atoms with Gasteiger partial charge in [-0.15, -0.1) is 11.3 Å². The third-order valence-electron chi connectivity index (χ3n) is 3.13. The van der Waals surface area contributed by atoms with Crippen LogP contribution in [0.25, 0.3) is 11.0 Å². The van der Waals surface area contributed by atoms with Crippen molar-refractivity contribution in [2.45, 2.75) is 13.0 Å². The Bertz CT molecular complexity index is 722. The van der Waals surface area contributed by atoms with Crippen molar-refractivity contribution in [2.75, 3.05) is 6.54 Å². The van der Waals surface area contributed by atoms with E-state index in [1.807, 2.05) is 24.3 Å². The Hall–Kier alpha value is -0.810. The molecule has 0 saturated heterocycles. The summed E-state index contributed by atoms with van der Waals surface area (Å²) in [5.41, 5.74) is 1.88. The molecule has 0 saturated carbocycles. The van der Waals surface area contributed by atoms with Crippen molar-refractivity contribution in [3.05, 3.63) is 55.8 Å². The van der Waals surface area contributed by atoms with Crippen LogP contribution in [0.2, 0.25) is 5.22 Å². The molecule has 104 valence electrons. The normalized spacial score (nSPS) is 11.3. The summed E-state index contributed by atoms with van der Waals surface area (Å²) in [6.45, 7) is 1.64. The average Bonchev–Trinajstić information content (AvgIpc) is 2.98. The fourth-order valence-electron chi connectivity index (χ4n) is 2.14. The minimum atomic E-state index is 0.484. The summed E-state index contributed by atoms with van der Waals surface area (Å²) in [6, 6.07) is 12.2.